The van der Waals surface area contributed by atoms with Gasteiger partial charge in [-0.2, -0.15) is 13.2 Å². The first-order valence-electron chi connectivity index (χ1n) is 9.78. The highest BCUT2D eigenvalue weighted by molar-refractivity contribution is 5.71. The SMILES string of the molecule is Cc1cc(CN2CC(C(=O)O)C2)ccc1OCc1cc(C(F)(F)F)c(C(C)C)cn1. The third-order valence-electron chi connectivity index (χ3n) is 5.25. The summed E-state index contributed by atoms with van der Waals surface area (Å²) in [5, 5.41) is 8.94. The molecule has 1 aliphatic heterocycles. The molecule has 0 spiro atoms. The second kappa shape index (κ2) is 8.63. The lowest BCUT2D eigenvalue weighted by Gasteiger charge is -2.36. The van der Waals surface area contributed by atoms with E-state index in [0.29, 0.717) is 25.4 Å². The molecular formula is C22H25F3N2O3. The number of carboxylic acids is 1. The number of halogens is 3. The van der Waals surface area contributed by atoms with E-state index >= 15 is 0 Å². The monoisotopic (exact) mass is 422 g/mol. The van der Waals surface area contributed by atoms with Gasteiger partial charge in [0.15, 0.2) is 0 Å². The summed E-state index contributed by atoms with van der Waals surface area (Å²) in [5.41, 5.74) is 1.60. The molecule has 0 amide bonds. The lowest BCUT2D eigenvalue weighted by Crippen LogP contribution is -2.49. The number of hydrogen-bond donors (Lipinski definition) is 1. The number of hydrogen-bond acceptors (Lipinski definition) is 4. The highest BCUT2D eigenvalue weighted by Gasteiger charge is 2.35. The number of carboxylic acid groups (broad SMARTS) is 1. The van der Waals surface area contributed by atoms with E-state index in [1.807, 2.05) is 24.0 Å². The molecule has 0 aliphatic carbocycles. The van der Waals surface area contributed by atoms with Crippen LogP contribution in [0.2, 0.25) is 0 Å². The van der Waals surface area contributed by atoms with Gasteiger partial charge in [0.05, 0.1) is 17.2 Å². The Labute approximate surface area is 173 Å². The first-order valence-corrected chi connectivity index (χ1v) is 9.78. The summed E-state index contributed by atoms with van der Waals surface area (Å²) in [4.78, 5) is 17.1. The minimum atomic E-state index is -4.44. The molecule has 1 aromatic heterocycles. The molecule has 0 atom stereocenters. The number of pyridine rings is 1. The molecule has 5 nitrogen and oxygen atoms in total. The van der Waals surface area contributed by atoms with Crippen molar-refractivity contribution in [1.29, 1.82) is 0 Å². The number of aromatic nitrogens is 1. The Morgan fingerprint density at radius 2 is 2.00 bits per heavy atom. The van der Waals surface area contributed by atoms with Gasteiger partial charge >= 0.3 is 12.1 Å². The third-order valence-corrected chi connectivity index (χ3v) is 5.25. The molecule has 0 bridgehead atoms. The van der Waals surface area contributed by atoms with Crippen LogP contribution in [-0.4, -0.2) is 34.0 Å². The van der Waals surface area contributed by atoms with Gasteiger partial charge in [-0.25, -0.2) is 0 Å². The number of aliphatic carboxylic acids is 1. The Kier molecular flexibility index (Phi) is 6.36. The van der Waals surface area contributed by atoms with Crippen LogP contribution in [0.5, 0.6) is 5.75 Å². The van der Waals surface area contributed by atoms with E-state index in [2.05, 4.69) is 4.98 Å². The van der Waals surface area contributed by atoms with Gasteiger partial charge in [0.25, 0.3) is 0 Å². The standard InChI is InChI=1S/C22H25F3N2O3/c1-13(2)18-8-26-17(7-19(18)22(23,24)25)12-30-20-5-4-15(6-14(20)3)9-27-10-16(11-27)21(28)29/h4-8,13,16H,9-12H2,1-3H3,(H,28,29). The fraction of sp³-hybridized carbons (Fsp3) is 0.455. The topological polar surface area (TPSA) is 62.7 Å². The number of rotatable bonds is 7. The third kappa shape index (κ3) is 5.11. The van der Waals surface area contributed by atoms with Crippen LogP contribution in [0, 0.1) is 12.8 Å². The Balaban J connectivity index is 1.64. The molecule has 8 heteroatoms. The highest BCUT2D eigenvalue weighted by Crippen LogP contribution is 2.35. The van der Waals surface area contributed by atoms with Crippen LogP contribution in [0.1, 0.15) is 47.7 Å². The molecule has 1 N–H and O–H groups in total. The maximum Gasteiger partial charge on any atom is 0.416 e. The fourth-order valence-electron chi connectivity index (χ4n) is 3.53. The predicted molar refractivity (Wildman–Crippen MR) is 105 cm³/mol. The maximum absolute atomic E-state index is 13.4. The van der Waals surface area contributed by atoms with Crippen molar-refractivity contribution in [2.24, 2.45) is 5.92 Å². The number of nitrogens with zero attached hydrogens (tertiary/aromatic N) is 2. The van der Waals surface area contributed by atoms with E-state index < -0.39 is 17.7 Å². The smallest absolute Gasteiger partial charge is 0.416 e. The fourth-order valence-corrected chi connectivity index (χ4v) is 3.53. The zero-order chi connectivity index (χ0) is 22.1. The largest absolute Gasteiger partial charge is 0.487 e. The van der Waals surface area contributed by atoms with Crippen molar-refractivity contribution in [2.75, 3.05) is 13.1 Å². The van der Waals surface area contributed by atoms with Gasteiger partial charge in [-0.1, -0.05) is 26.0 Å². The maximum atomic E-state index is 13.4. The average molecular weight is 422 g/mol. The number of benzene rings is 1. The molecule has 1 aliphatic rings. The van der Waals surface area contributed by atoms with E-state index in [-0.39, 0.29) is 29.7 Å². The van der Waals surface area contributed by atoms with Gasteiger partial charge in [0.1, 0.15) is 12.4 Å². The molecule has 1 saturated heterocycles. The molecule has 2 aromatic rings. The van der Waals surface area contributed by atoms with Crippen LogP contribution >= 0.6 is 0 Å². The lowest BCUT2D eigenvalue weighted by molar-refractivity contribution is -0.147. The summed E-state index contributed by atoms with van der Waals surface area (Å²) in [6.07, 6.45) is -3.16. The summed E-state index contributed by atoms with van der Waals surface area (Å²) in [5.74, 6) is -0.773. The van der Waals surface area contributed by atoms with E-state index in [4.69, 9.17) is 9.84 Å². The second-order valence-electron chi connectivity index (χ2n) is 8.03. The number of likely N-dealkylation sites (tertiary alicyclic amines) is 1. The van der Waals surface area contributed by atoms with Crippen molar-refractivity contribution >= 4 is 5.97 Å². The highest BCUT2D eigenvalue weighted by atomic mass is 19.4. The van der Waals surface area contributed by atoms with Crippen LogP contribution < -0.4 is 4.74 Å². The Bertz CT molecular complexity index is 922. The zero-order valence-electron chi connectivity index (χ0n) is 17.2. The van der Waals surface area contributed by atoms with Crippen LogP contribution in [0.15, 0.2) is 30.5 Å². The van der Waals surface area contributed by atoms with Crippen LogP contribution in [0.25, 0.3) is 0 Å². The first-order chi connectivity index (χ1) is 14.0. The molecule has 0 saturated carbocycles. The van der Waals surface area contributed by atoms with Crippen molar-refractivity contribution in [3.63, 3.8) is 0 Å². The van der Waals surface area contributed by atoms with Gasteiger partial charge in [0.2, 0.25) is 0 Å². The Morgan fingerprint density at radius 3 is 2.57 bits per heavy atom. The molecule has 0 radical (unpaired) electrons. The molecular weight excluding hydrogens is 397 g/mol. The van der Waals surface area contributed by atoms with Gasteiger partial charge in [-0.3, -0.25) is 14.7 Å². The van der Waals surface area contributed by atoms with Gasteiger partial charge in [-0.05, 0) is 41.7 Å². The number of aryl methyl sites for hydroxylation is 1. The van der Waals surface area contributed by atoms with E-state index in [9.17, 15) is 18.0 Å². The van der Waals surface area contributed by atoms with E-state index in [0.717, 1.165) is 17.2 Å². The summed E-state index contributed by atoms with van der Waals surface area (Å²) in [6, 6.07) is 6.67. The van der Waals surface area contributed by atoms with E-state index in [1.165, 1.54) is 6.20 Å². The predicted octanol–water partition coefficient (Wildman–Crippen LogP) is 4.63. The summed E-state index contributed by atoms with van der Waals surface area (Å²) >= 11 is 0. The number of ether oxygens (including phenoxy) is 1. The lowest BCUT2D eigenvalue weighted by atomic mass is 9.98. The number of alkyl halides is 3. The Hall–Kier alpha value is -2.61. The van der Waals surface area contributed by atoms with Crippen LogP contribution in [-0.2, 0) is 24.1 Å². The van der Waals surface area contributed by atoms with E-state index in [1.54, 1.807) is 19.9 Å². The molecule has 0 unspecified atom stereocenters. The summed E-state index contributed by atoms with van der Waals surface area (Å²) in [6.45, 7) is 6.93. The second-order valence-corrected chi connectivity index (χ2v) is 8.03. The molecule has 2 heterocycles. The van der Waals surface area contributed by atoms with Crippen LogP contribution in [0.4, 0.5) is 13.2 Å². The van der Waals surface area contributed by atoms with Crippen molar-refractivity contribution in [3.8, 4) is 5.75 Å². The van der Waals surface area contributed by atoms with Crippen molar-refractivity contribution in [1.82, 2.24) is 9.88 Å². The summed E-state index contributed by atoms with van der Waals surface area (Å²) in [7, 11) is 0. The zero-order valence-corrected chi connectivity index (χ0v) is 17.2. The molecule has 162 valence electrons. The van der Waals surface area contributed by atoms with Gasteiger partial charge in [-0.15, -0.1) is 0 Å². The van der Waals surface area contributed by atoms with Crippen molar-refractivity contribution in [2.45, 2.75) is 46.0 Å². The molecule has 1 aromatic carbocycles. The molecule has 30 heavy (non-hydrogen) atoms. The average Bonchev–Trinajstić information content (AvgIpc) is 2.62. The van der Waals surface area contributed by atoms with Crippen LogP contribution in [0.3, 0.4) is 0 Å². The normalized spacial score (nSPS) is 15.3. The van der Waals surface area contributed by atoms with Crippen molar-refractivity contribution < 1.29 is 27.8 Å². The first kappa shape index (κ1) is 22.1. The van der Waals surface area contributed by atoms with Gasteiger partial charge in [0, 0.05) is 25.8 Å². The molecule has 3 rings (SSSR count). The quantitative estimate of drug-likeness (QED) is 0.705. The minimum absolute atomic E-state index is 0.0614. The molecule has 1 fully saturated rings. The summed E-state index contributed by atoms with van der Waals surface area (Å²) < 4.78 is 45.8. The number of carbonyl (C=O) groups is 1. The van der Waals surface area contributed by atoms with Crippen molar-refractivity contribution in [3.05, 3.63) is 58.4 Å². The Morgan fingerprint density at radius 1 is 1.30 bits per heavy atom. The minimum Gasteiger partial charge on any atom is -0.487 e. The van der Waals surface area contributed by atoms with Gasteiger partial charge < -0.3 is 9.84 Å².